The van der Waals surface area contributed by atoms with Crippen molar-refractivity contribution in [2.24, 2.45) is 11.1 Å². The van der Waals surface area contributed by atoms with Gasteiger partial charge in [-0.2, -0.15) is 0 Å². The lowest BCUT2D eigenvalue weighted by atomic mass is 9.92. The average molecular weight is 251 g/mol. The zero-order valence-corrected chi connectivity index (χ0v) is 10.7. The number of rotatable bonds is 4. The van der Waals surface area contributed by atoms with Crippen LogP contribution in [0.1, 0.15) is 13.8 Å². The second kappa shape index (κ2) is 5.14. The van der Waals surface area contributed by atoms with E-state index in [9.17, 15) is 14.9 Å². The topological polar surface area (TPSA) is 89.5 Å². The average Bonchev–Trinajstić information content (AvgIpc) is 2.37. The summed E-state index contributed by atoms with van der Waals surface area (Å²) in [5.41, 5.74) is 5.50. The Kier molecular flexibility index (Phi) is 4.03. The van der Waals surface area contributed by atoms with Crippen LogP contribution in [-0.4, -0.2) is 24.4 Å². The van der Waals surface area contributed by atoms with Crippen molar-refractivity contribution < 1.29 is 9.72 Å². The molecule has 2 N–H and O–H groups in total. The molecule has 0 fully saturated rings. The first-order chi connectivity index (χ1) is 8.29. The van der Waals surface area contributed by atoms with E-state index in [4.69, 9.17) is 5.73 Å². The van der Waals surface area contributed by atoms with Crippen LogP contribution < -0.4 is 10.6 Å². The van der Waals surface area contributed by atoms with Gasteiger partial charge in [-0.25, -0.2) is 0 Å². The molecule has 0 spiro atoms. The number of carbonyl (C=O) groups is 1. The number of hydrogen-bond donors (Lipinski definition) is 1. The van der Waals surface area contributed by atoms with Gasteiger partial charge in [0, 0.05) is 31.4 Å². The summed E-state index contributed by atoms with van der Waals surface area (Å²) in [6, 6.07) is 5.83. The molecule has 0 aromatic heterocycles. The molecule has 1 aromatic rings. The molecule has 0 unspecified atom stereocenters. The molecule has 1 rings (SSSR count). The second-order valence-corrected chi connectivity index (χ2v) is 4.73. The molecule has 6 heteroatoms. The van der Waals surface area contributed by atoms with Gasteiger partial charge in [0.15, 0.2) is 0 Å². The highest BCUT2D eigenvalue weighted by Crippen LogP contribution is 2.23. The Bertz CT molecular complexity index is 454. The van der Waals surface area contributed by atoms with Crippen LogP contribution in [0.4, 0.5) is 11.4 Å². The molecule has 0 aliphatic heterocycles. The first kappa shape index (κ1) is 14.1. The zero-order valence-electron chi connectivity index (χ0n) is 10.7. The number of non-ortho nitro benzene ring substituents is 1. The third-order valence-corrected chi connectivity index (χ3v) is 2.84. The molecule has 0 radical (unpaired) electrons. The van der Waals surface area contributed by atoms with Crippen molar-refractivity contribution in [1.29, 1.82) is 0 Å². The van der Waals surface area contributed by atoms with Crippen LogP contribution in [0.25, 0.3) is 0 Å². The maximum atomic E-state index is 12.1. The van der Waals surface area contributed by atoms with Gasteiger partial charge in [0.2, 0.25) is 5.91 Å². The predicted octanol–water partition coefficient (Wildman–Crippen LogP) is 1.54. The van der Waals surface area contributed by atoms with E-state index in [2.05, 4.69) is 0 Å². The van der Waals surface area contributed by atoms with Crippen molar-refractivity contribution >= 4 is 17.3 Å². The summed E-state index contributed by atoms with van der Waals surface area (Å²) in [6.07, 6.45) is 0. The lowest BCUT2D eigenvalue weighted by Gasteiger charge is -2.28. The SMILES string of the molecule is CN(C(=O)C(C)(C)CN)c1ccc([N+](=O)[O-])cc1. The third kappa shape index (κ3) is 2.84. The predicted molar refractivity (Wildman–Crippen MR) is 69.3 cm³/mol. The Labute approximate surface area is 106 Å². The van der Waals surface area contributed by atoms with Crippen LogP contribution in [0.5, 0.6) is 0 Å². The summed E-state index contributed by atoms with van der Waals surface area (Å²) in [5.74, 6) is -0.126. The fraction of sp³-hybridized carbons (Fsp3) is 0.417. The Balaban J connectivity index is 2.94. The van der Waals surface area contributed by atoms with Gasteiger partial charge in [0.1, 0.15) is 0 Å². The summed E-state index contributed by atoms with van der Waals surface area (Å²) < 4.78 is 0. The van der Waals surface area contributed by atoms with E-state index in [1.165, 1.54) is 17.0 Å². The number of hydrogen-bond acceptors (Lipinski definition) is 4. The number of nitrogens with zero attached hydrogens (tertiary/aromatic N) is 2. The van der Waals surface area contributed by atoms with Crippen LogP contribution in [0.15, 0.2) is 24.3 Å². The minimum atomic E-state index is -0.656. The quantitative estimate of drug-likeness (QED) is 0.649. The van der Waals surface area contributed by atoms with Crippen LogP contribution in [0.2, 0.25) is 0 Å². The van der Waals surface area contributed by atoms with Crippen LogP contribution in [0.3, 0.4) is 0 Å². The maximum Gasteiger partial charge on any atom is 0.269 e. The van der Waals surface area contributed by atoms with Gasteiger partial charge in [0.25, 0.3) is 5.69 Å². The van der Waals surface area contributed by atoms with Crippen molar-refractivity contribution in [3.05, 3.63) is 34.4 Å². The Hall–Kier alpha value is -1.95. The third-order valence-electron chi connectivity index (χ3n) is 2.84. The van der Waals surface area contributed by atoms with Crippen molar-refractivity contribution in [3.63, 3.8) is 0 Å². The Morgan fingerprint density at radius 2 is 1.89 bits per heavy atom. The first-order valence-corrected chi connectivity index (χ1v) is 5.52. The number of nitro groups is 1. The standard InChI is InChI=1S/C12H17N3O3/c1-12(2,8-13)11(16)14(3)9-4-6-10(7-5-9)15(17)18/h4-7H,8,13H2,1-3H3. The molecular weight excluding hydrogens is 234 g/mol. The number of anilines is 1. The van der Waals surface area contributed by atoms with E-state index in [0.717, 1.165) is 0 Å². The number of nitrogens with two attached hydrogens (primary N) is 1. The summed E-state index contributed by atoms with van der Waals surface area (Å²) in [7, 11) is 1.63. The molecule has 0 heterocycles. The minimum absolute atomic E-state index is 0.00214. The number of carbonyl (C=O) groups excluding carboxylic acids is 1. The molecule has 0 saturated carbocycles. The summed E-state index contributed by atoms with van der Waals surface area (Å²) >= 11 is 0. The second-order valence-electron chi connectivity index (χ2n) is 4.73. The molecule has 0 saturated heterocycles. The molecule has 6 nitrogen and oxygen atoms in total. The molecule has 98 valence electrons. The van der Waals surface area contributed by atoms with Crippen molar-refractivity contribution in [3.8, 4) is 0 Å². The molecule has 1 aromatic carbocycles. The highest BCUT2D eigenvalue weighted by Gasteiger charge is 2.29. The smallest absolute Gasteiger partial charge is 0.269 e. The number of amides is 1. The van der Waals surface area contributed by atoms with Gasteiger partial charge in [-0.3, -0.25) is 14.9 Å². The Morgan fingerprint density at radius 3 is 2.28 bits per heavy atom. The number of nitro benzene ring substituents is 1. The van der Waals surface area contributed by atoms with Gasteiger partial charge in [-0.05, 0) is 26.0 Å². The van der Waals surface area contributed by atoms with Crippen molar-refractivity contribution in [2.45, 2.75) is 13.8 Å². The molecular formula is C12H17N3O3. The summed E-state index contributed by atoms with van der Waals surface area (Å²) in [5, 5.41) is 10.5. The zero-order chi connectivity index (χ0) is 13.9. The molecule has 1 amide bonds. The minimum Gasteiger partial charge on any atom is -0.329 e. The lowest BCUT2D eigenvalue weighted by Crippen LogP contribution is -2.42. The van der Waals surface area contributed by atoms with E-state index < -0.39 is 10.3 Å². The van der Waals surface area contributed by atoms with Crippen molar-refractivity contribution in [2.75, 3.05) is 18.5 Å². The van der Waals surface area contributed by atoms with Gasteiger partial charge in [0.05, 0.1) is 10.3 Å². The highest BCUT2D eigenvalue weighted by molar-refractivity contribution is 5.96. The lowest BCUT2D eigenvalue weighted by molar-refractivity contribution is -0.384. The van der Waals surface area contributed by atoms with Crippen LogP contribution in [-0.2, 0) is 4.79 Å². The van der Waals surface area contributed by atoms with E-state index >= 15 is 0 Å². The Morgan fingerprint density at radius 1 is 1.39 bits per heavy atom. The van der Waals surface area contributed by atoms with E-state index in [-0.39, 0.29) is 18.1 Å². The molecule has 18 heavy (non-hydrogen) atoms. The van der Waals surface area contributed by atoms with Gasteiger partial charge < -0.3 is 10.6 Å². The van der Waals surface area contributed by atoms with E-state index in [0.29, 0.717) is 5.69 Å². The van der Waals surface area contributed by atoms with Crippen LogP contribution >= 0.6 is 0 Å². The fourth-order valence-corrected chi connectivity index (χ4v) is 1.46. The summed E-state index contributed by atoms with van der Waals surface area (Å²) in [4.78, 5) is 23.6. The van der Waals surface area contributed by atoms with Gasteiger partial charge >= 0.3 is 0 Å². The molecule has 0 atom stereocenters. The van der Waals surface area contributed by atoms with Gasteiger partial charge in [-0.1, -0.05) is 0 Å². The van der Waals surface area contributed by atoms with E-state index in [1.54, 1.807) is 33.0 Å². The molecule has 0 bridgehead atoms. The largest absolute Gasteiger partial charge is 0.329 e. The first-order valence-electron chi connectivity index (χ1n) is 5.52. The monoisotopic (exact) mass is 251 g/mol. The summed E-state index contributed by atoms with van der Waals surface area (Å²) in [6.45, 7) is 3.76. The van der Waals surface area contributed by atoms with Crippen molar-refractivity contribution in [1.82, 2.24) is 0 Å². The molecule has 0 aliphatic rings. The normalized spacial score (nSPS) is 11.1. The van der Waals surface area contributed by atoms with Gasteiger partial charge in [-0.15, -0.1) is 0 Å². The van der Waals surface area contributed by atoms with E-state index in [1.807, 2.05) is 0 Å². The molecule has 0 aliphatic carbocycles. The van der Waals surface area contributed by atoms with Crippen LogP contribution in [0, 0.1) is 15.5 Å². The fourth-order valence-electron chi connectivity index (χ4n) is 1.46. The number of benzene rings is 1. The highest BCUT2D eigenvalue weighted by atomic mass is 16.6. The maximum absolute atomic E-state index is 12.1.